The summed E-state index contributed by atoms with van der Waals surface area (Å²) in [5.74, 6) is -0.372. The van der Waals surface area contributed by atoms with E-state index in [-0.39, 0.29) is 39.4 Å². The number of thioether (sulfide) groups is 1. The predicted molar refractivity (Wildman–Crippen MR) is 129 cm³/mol. The molecule has 2 heterocycles. The number of halogens is 3. The second kappa shape index (κ2) is 9.71. The number of anilines is 2. The van der Waals surface area contributed by atoms with Gasteiger partial charge in [-0.3, -0.25) is 4.72 Å². The van der Waals surface area contributed by atoms with Gasteiger partial charge in [0.1, 0.15) is 0 Å². The van der Waals surface area contributed by atoms with Crippen molar-refractivity contribution < 1.29 is 26.3 Å². The Balaban J connectivity index is 1.59. The average Bonchev–Trinajstić information content (AvgIpc) is 3.28. The Morgan fingerprint density at radius 1 is 1.09 bits per heavy atom. The molecule has 2 aromatic rings. The first kappa shape index (κ1) is 24.7. The molecular formula is C23H26F3N3O3S2. The molecule has 0 spiro atoms. The molecule has 184 valence electrons. The molecule has 2 aliphatic heterocycles. The van der Waals surface area contributed by atoms with E-state index in [0.717, 1.165) is 18.1 Å². The number of rotatable bonds is 6. The number of nitrogens with one attached hydrogen (secondary N) is 2. The van der Waals surface area contributed by atoms with Gasteiger partial charge in [-0.1, -0.05) is 18.2 Å². The zero-order chi connectivity index (χ0) is 24.5. The third-order valence-electron chi connectivity index (χ3n) is 5.59. The average molecular weight is 514 g/mol. The van der Waals surface area contributed by atoms with E-state index in [1.54, 1.807) is 28.8 Å². The zero-order valence-corrected chi connectivity index (χ0v) is 20.3. The van der Waals surface area contributed by atoms with Crippen LogP contribution in [-0.2, 0) is 10.0 Å². The van der Waals surface area contributed by atoms with Crippen LogP contribution in [-0.4, -0.2) is 40.0 Å². The van der Waals surface area contributed by atoms with Gasteiger partial charge in [-0.25, -0.2) is 8.42 Å². The molecule has 3 atom stereocenters. The number of ether oxygens (including phenoxy) is 1. The van der Waals surface area contributed by atoms with Gasteiger partial charge in [0.2, 0.25) is 0 Å². The fourth-order valence-corrected chi connectivity index (χ4v) is 6.24. The molecular weight excluding hydrogens is 487 g/mol. The summed E-state index contributed by atoms with van der Waals surface area (Å²) in [6, 6.07) is 10.5. The molecule has 1 saturated heterocycles. The molecule has 2 N–H and O–H groups in total. The fraction of sp³-hybridized carbons (Fsp3) is 0.391. The third kappa shape index (κ3) is 6.00. The van der Waals surface area contributed by atoms with E-state index >= 15 is 0 Å². The van der Waals surface area contributed by atoms with Crippen LogP contribution >= 0.6 is 11.8 Å². The van der Waals surface area contributed by atoms with Crippen molar-refractivity contribution in [2.45, 2.75) is 48.9 Å². The van der Waals surface area contributed by atoms with Gasteiger partial charge in [0.25, 0.3) is 10.0 Å². The van der Waals surface area contributed by atoms with Crippen LogP contribution < -0.4 is 19.7 Å². The van der Waals surface area contributed by atoms with Crippen LogP contribution in [0.25, 0.3) is 0 Å². The van der Waals surface area contributed by atoms with Crippen molar-refractivity contribution in [3.63, 3.8) is 0 Å². The molecule has 0 radical (unpaired) electrons. The van der Waals surface area contributed by atoms with Crippen LogP contribution in [0.15, 0.2) is 58.8 Å². The first-order valence-corrected chi connectivity index (χ1v) is 13.3. The van der Waals surface area contributed by atoms with Crippen LogP contribution in [0.5, 0.6) is 5.75 Å². The number of alkyl halides is 3. The Labute approximate surface area is 201 Å². The SMILES string of the molecule is C[C@@H]1CN(c2cc(NS(=O)(=O)c3ccc(C4CC=CS4)cc3)ccc2OC(F)(F)F)C[C@H](C)N1. The Bertz CT molecular complexity index is 1140. The van der Waals surface area contributed by atoms with Gasteiger partial charge in [0, 0.05) is 30.4 Å². The minimum Gasteiger partial charge on any atom is -0.404 e. The predicted octanol–water partition coefficient (Wildman–Crippen LogP) is 5.26. The lowest BCUT2D eigenvalue weighted by Gasteiger charge is -2.38. The Kier molecular flexibility index (Phi) is 7.07. The Morgan fingerprint density at radius 3 is 2.35 bits per heavy atom. The lowest BCUT2D eigenvalue weighted by Crippen LogP contribution is -2.54. The lowest BCUT2D eigenvalue weighted by atomic mass is 10.1. The quantitative estimate of drug-likeness (QED) is 0.549. The largest absolute Gasteiger partial charge is 0.573 e. The highest BCUT2D eigenvalue weighted by molar-refractivity contribution is 8.02. The maximum atomic E-state index is 13.0. The van der Waals surface area contributed by atoms with Crippen molar-refractivity contribution in [3.05, 3.63) is 59.5 Å². The highest BCUT2D eigenvalue weighted by Crippen LogP contribution is 2.39. The second-order valence-electron chi connectivity index (χ2n) is 8.51. The van der Waals surface area contributed by atoms with Crippen molar-refractivity contribution in [2.75, 3.05) is 22.7 Å². The molecule has 0 amide bonds. The maximum Gasteiger partial charge on any atom is 0.573 e. The molecule has 34 heavy (non-hydrogen) atoms. The fourth-order valence-electron chi connectivity index (χ4n) is 4.24. The van der Waals surface area contributed by atoms with Crippen molar-refractivity contribution >= 4 is 33.2 Å². The first-order valence-electron chi connectivity index (χ1n) is 10.8. The number of hydrogen-bond acceptors (Lipinski definition) is 6. The van der Waals surface area contributed by atoms with Gasteiger partial charge in [0.15, 0.2) is 5.75 Å². The van der Waals surface area contributed by atoms with E-state index in [1.807, 2.05) is 19.3 Å². The van der Waals surface area contributed by atoms with Gasteiger partial charge in [-0.15, -0.1) is 24.9 Å². The van der Waals surface area contributed by atoms with Gasteiger partial charge >= 0.3 is 6.36 Å². The van der Waals surface area contributed by atoms with E-state index in [2.05, 4.69) is 20.9 Å². The minimum atomic E-state index is -4.87. The summed E-state index contributed by atoms with van der Waals surface area (Å²) >= 11 is 1.69. The molecule has 2 aliphatic rings. The van der Waals surface area contributed by atoms with E-state index in [9.17, 15) is 21.6 Å². The normalized spacial score (nSPS) is 23.2. The topological polar surface area (TPSA) is 70.7 Å². The summed E-state index contributed by atoms with van der Waals surface area (Å²) in [5, 5.41) is 5.63. The third-order valence-corrected chi connectivity index (χ3v) is 8.13. The summed E-state index contributed by atoms with van der Waals surface area (Å²) in [5.41, 5.74) is 1.37. The van der Waals surface area contributed by atoms with Crippen molar-refractivity contribution in [2.24, 2.45) is 0 Å². The summed E-state index contributed by atoms with van der Waals surface area (Å²) in [4.78, 5) is 1.85. The summed E-state index contributed by atoms with van der Waals surface area (Å²) in [6.45, 7) is 4.77. The number of piperazine rings is 1. The standard InChI is InChI=1S/C23H26F3N3O3S2/c1-15-13-29(14-16(2)27-15)20-12-18(7-10-21(20)32-23(24,25)26)28-34(30,31)19-8-5-17(6-9-19)22-4-3-11-33-22/h3,5-12,15-16,22,27-28H,4,13-14H2,1-2H3/t15-,16+,22?. The zero-order valence-electron chi connectivity index (χ0n) is 18.7. The number of sulfonamides is 1. The van der Waals surface area contributed by atoms with Crippen LogP contribution in [0.1, 0.15) is 31.1 Å². The number of benzene rings is 2. The highest BCUT2D eigenvalue weighted by atomic mass is 32.2. The first-order chi connectivity index (χ1) is 16.0. The molecule has 0 aromatic heterocycles. The molecule has 2 aromatic carbocycles. The lowest BCUT2D eigenvalue weighted by molar-refractivity contribution is -0.274. The van der Waals surface area contributed by atoms with E-state index in [1.165, 1.54) is 24.3 Å². The Hall–Kier alpha value is -2.37. The smallest absolute Gasteiger partial charge is 0.404 e. The minimum absolute atomic E-state index is 0.0366. The summed E-state index contributed by atoms with van der Waals surface area (Å²) in [7, 11) is -3.94. The van der Waals surface area contributed by atoms with E-state index in [0.29, 0.717) is 13.1 Å². The second-order valence-corrected chi connectivity index (χ2v) is 11.3. The summed E-state index contributed by atoms with van der Waals surface area (Å²) < 4.78 is 71.7. The van der Waals surface area contributed by atoms with Gasteiger partial charge < -0.3 is 15.0 Å². The molecule has 1 fully saturated rings. The Morgan fingerprint density at radius 2 is 1.76 bits per heavy atom. The van der Waals surface area contributed by atoms with Crippen molar-refractivity contribution in [1.82, 2.24) is 5.32 Å². The van der Waals surface area contributed by atoms with Crippen LogP contribution in [0.3, 0.4) is 0 Å². The monoisotopic (exact) mass is 513 g/mol. The molecule has 11 heteroatoms. The molecule has 1 unspecified atom stereocenters. The molecule has 0 saturated carbocycles. The van der Waals surface area contributed by atoms with Gasteiger partial charge in [0.05, 0.1) is 16.3 Å². The number of allylic oxidation sites excluding steroid dienone is 1. The maximum absolute atomic E-state index is 13.0. The highest BCUT2D eigenvalue weighted by Gasteiger charge is 2.34. The van der Waals surface area contributed by atoms with E-state index < -0.39 is 16.4 Å². The molecule has 0 bridgehead atoms. The van der Waals surface area contributed by atoms with Crippen molar-refractivity contribution in [1.29, 1.82) is 0 Å². The van der Waals surface area contributed by atoms with Crippen LogP contribution in [0.4, 0.5) is 24.5 Å². The summed E-state index contributed by atoms with van der Waals surface area (Å²) in [6.07, 6.45) is -1.89. The van der Waals surface area contributed by atoms with Crippen molar-refractivity contribution in [3.8, 4) is 5.75 Å². The number of hydrogen-bond donors (Lipinski definition) is 2. The van der Waals surface area contributed by atoms with Gasteiger partial charge in [-0.05, 0) is 61.6 Å². The molecule has 0 aliphatic carbocycles. The van der Waals surface area contributed by atoms with Gasteiger partial charge in [-0.2, -0.15) is 0 Å². The molecule has 6 nitrogen and oxygen atoms in total. The van der Waals surface area contributed by atoms with Crippen LogP contribution in [0, 0.1) is 0 Å². The molecule has 4 rings (SSSR count). The van der Waals surface area contributed by atoms with Crippen LogP contribution in [0.2, 0.25) is 0 Å². The van der Waals surface area contributed by atoms with E-state index in [4.69, 9.17) is 0 Å². The number of nitrogens with zero attached hydrogens (tertiary/aromatic N) is 1.